The molecule has 0 aromatic heterocycles. The lowest BCUT2D eigenvalue weighted by Gasteiger charge is -2.10. The van der Waals surface area contributed by atoms with Crippen LogP contribution in [0.2, 0.25) is 0 Å². The number of amides is 1. The van der Waals surface area contributed by atoms with Crippen molar-refractivity contribution in [1.29, 1.82) is 0 Å². The Morgan fingerprint density at radius 2 is 1.87 bits per heavy atom. The zero-order chi connectivity index (χ0) is 16.7. The Bertz CT molecular complexity index is 673. The third kappa shape index (κ3) is 4.93. The van der Waals surface area contributed by atoms with E-state index in [0.717, 1.165) is 16.1 Å². The first-order chi connectivity index (χ1) is 11.2. The summed E-state index contributed by atoms with van der Waals surface area (Å²) >= 11 is 1.65. The Kier molecular flexibility index (Phi) is 6.35. The Morgan fingerprint density at radius 3 is 2.57 bits per heavy atom. The molecule has 0 fully saturated rings. The predicted octanol–water partition coefficient (Wildman–Crippen LogP) is 4.00. The van der Waals surface area contributed by atoms with Gasteiger partial charge in [0.25, 0.3) is 0 Å². The minimum atomic E-state index is -0.00182. The normalized spacial score (nSPS) is 10.2. The van der Waals surface area contributed by atoms with E-state index in [0.29, 0.717) is 24.3 Å². The van der Waals surface area contributed by atoms with Crippen LogP contribution in [0, 0.1) is 0 Å². The van der Waals surface area contributed by atoms with Gasteiger partial charge in [-0.05, 0) is 48.6 Å². The maximum absolute atomic E-state index is 12.1. The number of thioether (sulfide) groups is 1. The van der Waals surface area contributed by atoms with Crippen LogP contribution < -0.4 is 14.8 Å². The molecule has 23 heavy (non-hydrogen) atoms. The number of carbonyl (C=O) groups excluding carboxylic acids is 1. The van der Waals surface area contributed by atoms with Gasteiger partial charge in [-0.25, -0.2) is 0 Å². The number of anilines is 1. The quantitative estimate of drug-likeness (QED) is 0.779. The van der Waals surface area contributed by atoms with Crippen LogP contribution in [0.3, 0.4) is 0 Å². The Hall–Kier alpha value is -2.14. The molecule has 2 aromatic rings. The van der Waals surface area contributed by atoms with Crippen LogP contribution in [0.25, 0.3) is 0 Å². The summed E-state index contributed by atoms with van der Waals surface area (Å²) in [5.41, 5.74) is 1.87. The van der Waals surface area contributed by atoms with Crippen molar-refractivity contribution in [2.45, 2.75) is 17.7 Å². The van der Waals surface area contributed by atoms with Crippen molar-refractivity contribution < 1.29 is 14.3 Å². The van der Waals surface area contributed by atoms with Gasteiger partial charge in [-0.3, -0.25) is 4.79 Å². The monoisotopic (exact) mass is 331 g/mol. The molecule has 0 aliphatic rings. The van der Waals surface area contributed by atoms with E-state index in [1.807, 2.05) is 48.7 Å². The topological polar surface area (TPSA) is 47.6 Å². The van der Waals surface area contributed by atoms with Crippen molar-refractivity contribution in [3.63, 3.8) is 0 Å². The molecule has 0 aliphatic carbocycles. The Morgan fingerprint density at radius 1 is 1.09 bits per heavy atom. The third-order valence-electron chi connectivity index (χ3n) is 3.44. The number of hydrogen-bond donors (Lipinski definition) is 1. The number of hydrogen-bond acceptors (Lipinski definition) is 4. The van der Waals surface area contributed by atoms with Gasteiger partial charge < -0.3 is 14.8 Å². The van der Waals surface area contributed by atoms with Gasteiger partial charge in [-0.15, -0.1) is 11.8 Å². The fraction of sp³-hybridized carbons (Fsp3) is 0.278. The van der Waals surface area contributed by atoms with E-state index >= 15 is 0 Å². The molecule has 2 rings (SSSR count). The summed E-state index contributed by atoms with van der Waals surface area (Å²) in [6.45, 7) is 0. The molecule has 0 saturated heterocycles. The number of carbonyl (C=O) groups is 1. The molecule has 0 unspecified atom stereocenters. The van der Waals surface area contributed by atoms with E-state index in [1.54, 1.807) is 26.0 Å². The second-order valence-corrected chi connectivity index (χ2v) is 5.85. The summed E-state index contributed by atoms with van der Waals surface area (Å²) in [6.07, 6.45) is 3.07. The van der Waals surface area contributed by atoms with Gasteiger partial charge in [-0.2, -0.15) is 0 Å². The maximum atomic E-state index is 12.1. The van der Waals surface area contributed by atoms with Crippen molar-refractivity contribution in [1.82, 2.24) is 0 Å². The molecule has 4 nitrogen and oxygen atoms in total. The molecule has 1 N–H and O–H groups in total. The first-order valence-electron chi connectivity index (χ1n) is 7.31. The summed E-state index contributed by atoms with van der Waals surface area (Å²) in [6, 6.07) is 13.5. The SMILES string of the molecule is COc1ccc(CCC(=O)Nc2cccc(SC)c2)cc1OC. The number of nitrogens with one attached hydrogen (secondary N) is 1. The second-order valence-electron chi connectivity index (χ2n) is 4.97. The molecule has 0 bridgehead atoms. The zero-order valence-corrected chi connectivity index (χ0v) is 14.4. The lowest BCUT2D eigenvalue weighted by Crippen LogP contribution is -2.12. The van der Waals surface area contributed by atoms with E-state index in [-0.39, 0.29) is 5.91 Å². The van der Waals surface area contributed by atoms with Crippen LogP contribution in [0.4, 0.5) is 5.69 Å². The van der Waals surface area contributed by atoms with Gasteiger partial charge in [0.15, 0.2) is 11.5 Å². The molecule has 122 valence electrons. The summed E-state index contributed by atoms with van der Waals surface area (Å²) in [5.74, 6) is 1.37. The molecule has 0 heterocycles. The van der Waals surface area contributed by atoms with Crippen molar-refractivity contribution in [3.05, 3.63) is 48.0 Å². The summed E-state index contributed by atoms with van der Waals surface area (Å²) in [7, 11) is 3.21. The number of ether oxygens (including phenoxy) is 2. The van der Waals surface area contributed by atoms with Gasteiger partial charge in [0.1, 0.15) is 0 Å². The van der Waals surface area contributed by atoms with Crippen molar-refractivity contribution in [3.8, 4) is 11.5 Å². The predicted molar refractivity (Wildman–Crippen MR) is 94.7 cm³/mol. The highest BCUT2D eigenvalue weighted by molar-refractivity contribution is 7.98. The smallest absolute Gasteiger partial charge is 0.224 e. The minimum absolute atomic E-state index is 0.00182. The van der Waals surface area contributed by atoms with Crippen molar-refractivity contribution in [2.24, 2.45) is 0 Å². The zero-order valence-electron chi connectivity index (χ0n) is 13.6. The average Bonchev–Trinajstić information content (AvgIpc) is 2.59. The molecule has 0 atom stereocenters. The molecule has 2 aromatic carbocycles. The molecule has 5 heteroatoms. The van der Waals surface area contributed by atoms with Crippen LogP contribution >= 0.6 is 11.8 Å². The summed E-state index contributed by atoms with van der Waals surface area (Å²) in [4.78, 5) is 13.2. The molecule has 0 saturated carbocycles. The van der Waals surface area contributed by atoms with E-state index in [2.05, 4.69) is 5.32 Å². The summed E-state index contributed by atoms with van der Waals surface area (Å²) in [5, 5.41) is 2.93. The van der Waals surface area contributed by atoms with Crippen LogP contribution in [-0.4, -0.2) is 26.4 Å². The van der Waals surface area contributed by atoms with Crippen LogP contribution in [0.5, 0.6) is 11.5 Å². The van der Waals surface area contributed by atoms with Gasteiger partial charge in [-0.1, -0.05) is 12.1 Å². The maximum Gasteiger partial charge on any atom is 0.224 e. The first kappa shape index (κ1) is 17.2. The van der Waals surface area contributed by atoms with E-state index in [9.17, 15) is 4.79 Å². The largest absolute Gasteiger partial charge is 0.493 e. The van der Waals surface area contributed by atoms with E-state index in [4.69, 9.17) is 9.47 Å². The summed E-state index contributed by atoms with van der Waals surface area (Å²) < 4.78 is 10.5. The fourth-order valence-electron chi connectivity index (χ4n) is 2.22. The third-order valence-corrected chi connectivity index (χ3v) is 4.17. The lowest BCUT2D eigenvalue weighted by atomic mass is 10.1. The van der Waals surface area contributed by atoms with Gasteiger partial charge >= 0.3 is 0 Å². The van der Waals surface area contributed by atoms with E-state index in [1.165, 1.54) is 0 Å². The molecular weight excluding hydrogens is 310 g/mol. The highest BCUT2D eigenvalue weighted by atomic mass is 32.2. The van der Waals surface area contributed by atoms with Crippen LogP contribution in [0.1, 0.15) is 12.0 Å². The van der Waals surface area contributed by atoms with Crippen LogP contribution in [0.15, 0.2) is 47.4 Å². The highest BCUT2D eigenvalue weighted by Crippen LogP contribution is 2.28. The Balaban J connectivity index is 1.93. The highest BCUT2D eigenvalue weighted by Gasteiger charge is 2.07. The fourth-order valence-corrected chi connectivity index (χ4v) is 2.68. The molecule has 0 radical (unpaired) electrons. The lowest BCUT2D eigenvalue weighted by molar-refractivity contribution is -0.116. The number of rotatable bonds is 7. The molecular formula is C18H21NO3S. The molecule has 1 amide bonds. The van der Waals surface area contributed by atoms with Crippen molar-refractivity contribution in [2.75, 3.05) is 25.8 Å². The van der Waals surface area contributed by atoms with E-state index < -0.39 is 0 Å². The second kappa shape index (κ2) is 8.48. The van der Waals surface area contributed by atoms with Crippen molar-refractivity contribution >= 4 is 23.4 Å². The standard InChI is InChI=1S/C18H21NO3S/c1-21-16-9-7-13(11-17(16)22-2)8-10-18(20)19-14-5-4-6-15(12-14)23-3/h4-7,9,11-12H,8,10H2,1-3H3,(H,19,20). The first-order valence-corrected chi connectivity index (χ1v) is 8.53. The number of aryl methyl sites for hydroxylation is 1. The van der Waals surface area contributed by atoms with Gasteiger partial charge in [0.2, 0.25) is 5.91 Å². The molecule has 0 aliphatic heterocycles. The van der Waals surface area contributed by atoms with Gasteiger partial charge in [0.05, 0.1) is 14.2 Å². The van der Waals surface area contributed by atoms with Crippen LogP contribution in [-0.2, 0) is 11.2 Å². The number of benzene rings is 2. The number of methoxy groups -OCH3 is 2. The van der Waals surface area contributed by atoms with Gasteiger partial charge in [0, 0.05) is 17.0 Å². The Labute approximate surface area is 141 Å². The average molecular weight is 331 g/mol. The molecule has 0 spiro atoms. The minimum Gasteiger partial charge on any atom is -0.493 e.